The summed E-state index contributed by atoms with van der Waals surface area (Å²) in [5.41, 5.74) is 7.68. The quantitative estimate of drug-likeness (QED) is 0.748. The van der Waals surface area contributed by atoms with E-state index in [9.17, 15) is 4.39 Å². The molecule has 0 amide bonds. The zero-order valence-corrected chi connectivity index (χ0v) is 14.5. The van der Waals surface area contributed by atoms with Gasteiger partial charge in [0.15, 0.2) is 0 Å². The minimum atomic E-state index is -0.480. The maximum atomic E-state index is 13.6. The maximum absolute atomic E-state index is 13.6. The van der Waals surface area contributed by atoms with Gasteiger partial charge >= 0.3 is 0 Å². The molecular weight excluding hydrogens is 392 g/mol. The molecule has 1 aromatic heterocycles. The molecule has 1 heterocycles. The molecule has 108 valence electrons. The first-order chi connectivity index (χ1) is 9.19. The van der Waals surface area contributed by atoms with Gasteiger partial charge in [0.25, 0.3) is 0 Å². The van der Waals surface area contributed by atoms with E-state index >= 15 is 0 Å². The molecule has 0 saturated carbocycles. The summed E-state index contributed by atoms with van der Waals surface area (Å²) in [5.74, 6) is 0.0398. The van der Waals surface area contributed by atoms with Gasteiger partial charge in [-0.3, -0.25) is 0 Å². The molecular formula is C14H16ClFIN3. The van der Waals surface area contributed by atoms with Crippen LogP contribution in [-0.2, 0) is 6.42 Å². The maximum Gasteiger partial charge on any atom is 0.143 e. The highest BCUT2D eigenvalue weighted by Gasteiger charge is 2.20. The first-order valence-electron chi connectivity index (χ1n) is 6.17. The molecule has 0 atom stereocenters. The van der Waals surface area contributed by atoms with Crippen LogP contribution in [0.3, 0.4) is 0 Å². The van der Waals surface area contributed by atoms with Crippen molar-refractivity contribution in [2.45, 2.75) is 27.2 Å². The molecule has 0 aliphatic rings. The van der Waals surface area contributed by atoms with Gasteiger partial charge < -0.3 is 5.73 Å². The van der Waals surface area contributed by atoms with Gasteiger partial charge in [-0.2, -0.15) is 5.10 Å². The van der Waals surface area contributed by atoms with Gasteiger partial charge in [0, 0.05) is 6.07 Å². The molecule has 0 fully saturated rings. The summed E-state index contributed by atoms with van der Waals surface area (Å²) in [6, 6.07) is 4.54. The Kier molecular flexibility index (Phi) is 4.30. The molecule has 2 N–H and O–H groups in total. The number of hydrogen-bond acceptors (Lipinski definition) is 2. The predicted octanol–water partition coefficient (Wildman–Crippen LogP) is 4.44. The number of nitrogen functional groups attached to an aromatic ring is 1. The van der Waals surface area contributed by atoms with Gasteiger partial charge in [0.2, 0.25) is 0 Å². The van der Waals surface area contributed by atoms with Crippen LogP contribution in [0.4, 0.5) is 10.2 Å². The van der Waals surface area contributed by atoms with Crippen LogP contribution in [0.2, 0.25) is 5.02 Å². The van der Waals surface area contributed by atoms with Crippen LogP contribution in [0.25, 0.3) is 5.69 Å². The fraction of sp³-hybridized carbons (Fsp3) is 0.357. The van der Waals surface area contributed by atoms with E-state index in [4.69, 9.17) is 17.3 Å². The van der Waals surface area contributed by atoms with Gasteiger partial charge in [-0.05, 0) is 46.6 Å². The van der Waals surface area contributed by atoms with Crippen LogP contribution < -0.4 is 5.73 Å². The minimum Gasteiger partial charge on any atom is -0.383 e. The Labute approximate surface area is 136 Å². The third-order valence-electron chi connectivity index (χ3n) is 2.77. The smallest absolute Gasteiger partial charge is 0.143 e. The fourth-order valence-corrected chi connectivity index (χ4v) is 2.53. The monoisotopic (exact) mass is 407 g/mol. The van der Waals surface area contributed by atoms with Crippen molar-refractivity contribution < 1.29 is 4.39 Å². The second-order valence-corrected chi connectivity index (χ2v) is 7.38. The number of rotatable bonds is 2. The standard InChI is InChI=1S/C14H16ClFIN3/c1-14(2,3)7-11-12(17)13(18)20(19-11)8-4-5-9(15)10(16)6-8/h4-6H,7,18H2,1-3H3. The van der Waals surface area contributed by atoms with Crippen molar-refractivity contribution in [2.75, 3.05) is 5.73 Å². The zero-order chi connectivity index (χ0) is 15.1. The largest absolute Gasteiger partial charge is 0.383 e. The third-order valence-corrected chi connectivity index (χ3v) is 4.25. The van der Waals surface area contributed by atoms with Crippen molar-refractivity contribution in [3.63, 3.8) is 0 Å². The lowest BCUT2D eigenvalue weighted by atomic mass is 9.91. The minimum absolute atomic E-state index is 0.0871. The van der Waals surface area contributed by atoms with Crippen molar-refractivity contribution >= 4 is 40.0 Å². The van der Waals surface area contributed by atoms with Crippen molar-refractivity contribution in [3.05, 3.63) is 38.3 Å². The van der Waals surface area contributed by atoms with Gasteiger partial charge in [-0.15, -0.1) is 0 Å². The van der Waals surface area contributed by atoms with Gasteiger partial charge in [0.1, 0.15) is 11.6 Å². The summed E-state index contributed by atoms with van der Waals surface area (Å²) >= 11 is 7.87. The number of benzene rings is 1. The molecule has 3 nitrogen and oxygen atoms in total. The summed E-state index contributed by atoms with van der Waals surface area (Å²) in [6.45, 7) is 6.42. The normalized spacial score (nSPS) is 11.9. The second-order valence-electron chi connectivity index (χ2n) is 5.89. The summed E-state index contributed by atoms with van der Waals surface area (Å²) in [4.78, 5) is 0. The summed E-state index contributed by atoms with van der Waals surface area (Å²) < 4.78 is 16.0. The van der Waals surface area contributed by atoms with E-state index in [2.05, 4.69) is 48.5 Å². The van der Waals surface area contributed by atoms with Crippen LogP contribution in [0.5, 0.6) is 0 Å². The SMILES string of the molecule is CC(C)(C)Cc1nn(-c2ccc(Cl)c(F)c2)c(N)c1I. The van der Waals surface area contributed by atoms with Crippen molar-refractivity contribution in [2.24, 2.45) is 5.41 Å². The molecule has 2 rings (SSSR count). The van der Waals surface area contributed by atoms with Crippen LogP contribution in [0.1, 0.15) is 26.5 Å². The zero-order valence-electron chi connectivity index (χ0n) is 11.5. The van der Waals surface area contributed by atoms with Crippen LogP contribution in [-0.4, -0.2) is 9.78 Å². The number of hydrogen-bond donors (Lipinski definition) is 1. The molecule has 0 saturated heterocycles. The molecule has 1 aromatic carbocycles. The first-order valence-corrected chi connectivity index (χ1v) is 7.63. The molecule has 0 spiro atoms. The topological polar surface area (TPSA) is 43.8 Å². The van der Waals surface area contributed by atoms with Crippen molar-refractivity contribution in [1.82, 2.24) is 9.78 Å². The highest BCUT2D eigenvalue weighted by atomic mass is 127. The number of halogens is 3. The highest BCUT2D eigenvalue weighted by molar-refractivity contribution is 14.1. The molecule has 0 unspecified atom stereocenters. The average Bonchev–Trinajstić information content (AvgIpc) is 2.59. The number of nitrogens with two attached hydrogens (primary N) is 1. The lowest BCUT2D eigenvalue weighted by molar-refractivity contribution is 0.404. The average molecular weight is 408 g/mol. The Morgan fingerprint density at radius 1 is 1.40 bits per heavy atom. The lowest BCUT2D eigenvalue weighted by Crippen LogP contribution is -2.10. The van der Waals surface area contributed by atoms with Gasteiger partial charge in [0.05, 0.1) is 20.0 Å². The molecule has 0 aliphatic heterocycles. The van der Waals surface area contributed by atoms with Crippen LogP contribution in [0, 0.1) is 14.8 Å². The van der Waals surface area contributed by atoms with Gasteiger partial charge in [-0.25, -0.2) is 9.07 Å². The highest BCUT2D eigenvalue weighted by Crippen LogP contribution is 2.29. The first kappa shape index (κ1) is 15.6. The molecule has 2 aromatic rings. The Hall–Kier alpha value is -0.820. The lowest BCUT2D eigenvalue weighted by Gasteiger charge is -2.16. The molecule has 6 heteroatoms. The van der Waals surface area contributed by atoms with Crippen LogP contribution >= 0.6 is 34.2 Å². The number of anilines is 1. The summed E-state index contributed by atoms with van der Waals surface area (Å²) in [6.07, 6.45) is 0.804. The fourth-order valence-electron chi connectivity index (χ4n) is 1.89. The Bertz CT molecular complexity index is 647. The van der Waals surface area contributed by atoms with E-state index in [0.29, 0.717) is 11.5 Å². The van der Waals surface area contributed by atoms with E-state index in [-0.39, 0.29) is 10.4 Å². The Morgan fingerprint density at radius 3 is 2.60 bits per heavy atom. The Balaban J connectivity index is 2.47. The molecule has 0 aliphatic carbocycles. The molecule has 20 heavy (non-hydrogen) atoms. The van der Waals surface area contributed by atoms with E-state index in [1.807, 2.05) is 0 Å². The predicted molar refractivity (Wildman–Crippen MR) is 88.8 cm³/mol. The van der Waals surface area contributed by atoms with Gasteiger partial charge in [-0.1, -0.05) is 32.4 Å². The third kappa shape index (κ3) is 3.25. The summed E-state index contributed by atoms with van der Waals surface area (Å²) in [7, 11) is 0. The van der Waals surface area contributed by atoms with E-state index in [1.165, 1.54) is 12.1 Å². The van der Waals surface area contributed by atoms with Crippen LogP contribution in [0.15, 0.2) is 18.2 Å². The van der Waals surface area contributed by atoms with E-state index in [0.717, 1.165) is 15.7 Å². The van der Waals surface area contributed by atoms with Crippen molar-refractivity contribution in [3.8, 4) is 5.69 Å². The molecule has 0 bridgehead atoms. The second kappa shape index (κ2) is 5.52. The number of nitrogens with zero attached hydrogens (tertiary/aromatic N) is 2. The van der Waals surface area contributed by atoms with E-state index < -0.39 is 5.82 Å². The molecule has 0 radical (unpaired) electrons. The summed E-state index contributed by atoms with van der Waals surface area (Å²) in [5, 5.41) is 4.60. The Morgan fingerprint density at radius 2 is 2.05 bits per heavy atom. The van der Waals surface area contributed by atoms with E-state index in [1.54, 1.807) is 10.7 Å². The van der Waals surface area contributed by atoms with Crippen molar-refractivity contribution in [1.29, 1.82) is 0 Å². The number of aromatic nitrogens is 2.